The molecule has 0 aliphatic carbocycles. The molecule has 0 saturated heterocycles. The molecule has 1 unspecified atom stereocenters. The molecule has 2 rings (SSSR count). The number of carbonyl (C=O) groups is 1. The number of anilines is 1. The van der Waals surface area contributed by atoms with Gasteiger partial charge >= 0.3 is 0 Å². The van der Waals surface area contributed by atoms with Crippen LogP contribution in [0.2, 0.25) is 10.0 Å². The molecule has 1 amide bonds. The fourth-order valence-corrected chi connectivity index (χ4v) is 3.24. The lowest BCUT2D eigenvalue weighted by molar-refractivity contribution is -0.122. The first-order chi connectivity index (χ1) is 10.4. The molecule has 22 heavy (non-hydrogen) atoms. The summed E-state index contributed by atoms with van der Waals surface area (Å²) in [5.41, 5.74) is 0.658. The van der Waals surface area contributed by atoms with Crippen LogP contribution in [-0.4, -0.2) is 12.0 Å². The van der Waals surface area contributed by atoms with Crippen molar-refractivity contribution in [2.75, 3.05) is 5.32 Å². The Morgan fingerprint density at radius 3 is 2.55 bits per heavy atom. The maximum Gasteiger partial charge on any atom is 0.265 e. The van der Waals surface area contributed by atoms with Gasteiger partial charge in [0.15, 0.2) is 6.10 Å². The minimum Gasteiger partial charge on any atom is -0.479 e. The average Bonchev–Trinajstić information content (AvgIpc) is 2.44. The second kappa shape index (κ2) is 7.68. The molecule has 2 aromatic carbocycles. The lowest BCUT2D eigenvalue weighted by Gasteiger charge is -2.16. The fourth-order valence-electron chi connectivity index (χ4n) is 1.64. The fraction of sp³-hybridized carbons (Fsp3) is 0.133. The minimum absolute atomic E-state index is 0.283. The van der Waals surface area contributed by atoms with Crippen molar-refractivity contribution in [1.82, 2.24) is 0 Å². The van der Waals surface area contributed by atoms with Gasteiger partial charge in [0.2, 0.25) is 0 Å². The molecule has 0 fully saturated rings. The number of halogens is 4. The molecular weight excluding hydrogens is 457 g/mol. The summed E-state index contributed by atoms with van der Waals surface area (Å²) in [5, 5.41) is 3.65. The van der Waals surface area contributed by atoms with Crippen LogP contribution in [-0.2, 0) is 4.79 Å². The predicted octanol–water partition coefficient (Wildman–Crippen LogP) is 5.92. The Labute approximate surface area is 155 Å². The molecule has 0 radical (unpaired) electrons. The Kier molecular flexibility index (Phi) is 6.15. The normalized spacial score (nSPS) is 11.9. The topological polar surface area (TPSA) is 38.3 Å². The van der Waals surface area contributed by atoms with Gasteiger partial charge in [0.25, 0.3) is 5.91 Å². The Bertz CT molecular complexity index is 710. The predicted molar refractivity (Wildman–Crippen MR) is 97.0 cm³/mol. The quantitative estimate of drug-likeness (QED) is 0.605. The summed E-state index contributed by atoms with van der Waals surface area (Å²) in [6, 6.07) is 10.3. The lowest BCUT2D eigenvalue weighted by atomic mass is 10.3. The van der Waals surface area contributed by atoms with Crippen molar-refractivity contribution in [3.05, 3.63) is 55.4 Å². The van der Waals surface area contributed by atoms with E-state index < -0.39 is 6.10 Å². The van der Waals surface area contributed by atoms with Gasteiger partial charge < -0.3 is 10.1 Å². The third kappa shape index (κ3) is 4.62. The van der Waals surface area contributed by atoms with Crippen LogP contribution in [0.4, 0.5) is 5.69 Å². The SMILES string of the molecule is CC(Oc1ccc(Cl)cc1Cl)C(=O)Nc1ccc(Br)cc1Br. The van der Waals surface area contributed by atoms with Crippen LogP contribution in [0.5, 0.6) is 5.75 Å². The molecule has 3 nitrogen and oxygen atoms in total. The average molecular weight is 468 g/mol. The van der Waals surface area contributed by atoms with E-state index in [-0.39, 0.29) is 5.91 Å². The van der Waals surface area contributed by atoms with Gasteiger partial charge in [-0.1, -0.05) is 39.1 Å². The summed E-state index contributed by atoms with van der Waals surface area (Å²) in [6.07, 6.45) is -0.714. The van der Waals surface area contributed by atoms with Crippen molar-refractivity contribution < 1.29 is 9.53 Å². The molecule has 0 spiro atoms. The molecule has 0 aliphatic rings. The van der Waals surface area contributed by atoms with Crippen LogP contribution >= 0.6 is 55.1 Å². The number of hydrogen-bond acceptors (Lipinski definition) is 2. The highest BCUT2D eigenvalue weighted by atomic mass is 79.9. The number of benzene rings is 2. The Morgan fingerprint density at radius 1 is 1.18 bits per heavy atom. The number of rotatable bonds is 4. The van der Waals surface area contributed by atoms with E-state index in [0.29, 0.717) is 21.5 Å². The zero-order chi connectivity index (χ0) is 16.3. The van der Waals surface area contributed by atoms with Gasteiger partial charge in [0.05, 0.1) is 10.7 Å². The molecule has 0 saturated carbocycles. The van der Waals surface area contributed by atoms with Crippen LogP contribution < -0.4 is 10.1 Å². The Hall–Kier alpha value is -0.750. The van der Waals surface area contributed by atoms with Crippen LogP contribution in [0.15, 0.2) is 45.3 Å². The molecule has 1 atom stereocenters. The minimum atomic E-state index is -0.714. The monoisotopic (exact) mass is 465 g/mol. The highest BCUT2D eigenvalue weighted by molar-refractivity contribution is 9.11. The second-order valence-electron chi connectivity index (χ2n) is 4.45. The number of hydrogen-bond donors (Lipinski definition) is 1. The molecule has 0 aliphatic heterocycles. The molecule has 2 aromatic rings. The van der Waals surface area contributed by atoms with Gasteiger partial charge in [-0.05, 0) is 59.3 Å². The molecule has 0 bridgehead atoms. The standard InChI is InChI=1S/C15H11Br2Cl2NO2/c1-8(22-14-5-3-10(18)7-12(14)19)15(21)20-13-4-2-9(16)6-11(13)17/h2-8H,1H3,(H,20,21). The number of ether oxygens (including phenoxy) is 1. The van der Waals surface area contributed by atoms with E-state index in [1.54, 1.807) is 31.2 Å². The van der Waals surface area contributed by atoms with E-state index >= 15 is 0 Å². The Morgan fingerprint density at radius 2 is 1.91 bits per heavy atom. The van der Waals surface area contributed by atoms with Gasteiger partial charge in [-0.3, -0.25) is 4.79 Å². The molecule has 0 heterocycles. The van der Waals surface area contributed by atoms with Gasteiger partial charge in [-0.25, -0.2) is 0 Å². The third-order valence-corrected chi connectivity index (χ3v) is 4.44. The third-order valence-electron chi connectivity index (χ3n) is 2.76. The van der Waals surface area contributed by atoms with Crippen LogP contribution in [0.1, 0.15) is 6.92 Å². The van der Waals surface area contributed by atoms with Crippen LogP contribution in [0, 0.1) is 0 Å². The van der Waals surface area contributed by atoms with Crippen molar-refractivity contribution in [3.63, 3.8) is 0 Å². The van der Waals surface area contributed by atoms with E-state index in [9.17, 15) is 4.79 Å². The van der Waals surface area contributed by atoms with Gasteiger partial charge in [-0.15, -0.1) is 0 Å². The van der Waals surface area contributed by atoms with Crippen molar-refractivity contribution >= 4 is 66.7 Å². The lowest BCUT2D eigenvalue weighted by Crippen LogP contribution is -2.30. The van der Waals surface area contributed by atoms with Gasteiger partial charge in [-0.2, -0.15) is 0 Å². The highest BCUT2D eigenvalue weighted by Crippen LogP contribution is 2.29. The molecule has 116 valence electrons. The van der Waals surface area contributed by atoms with E-state index in [0.717, 1.165) is 8.95 Å². The van der Waals surface area contributed by atoms with Gasteiger partial charge in [0.1, 0.15) is 5.75 Å². The van der Waals surface area contributed by atoms with E-state index in [2.05, 4.69) is 37.2 Å². The first-order valence-electron chi connectivity index (χ1n) is 6.24. The molecule has 7 heteroatoms. The number of carbonyl (C=O) groups excluding carboxylic acids is 1. The van der Waals surface area contributed by atoms with Gasteiger partial charge in [0, 0.05) is 14.0 Å². The smallest absolute Gasteiger partial charge is 0.265 e. The first kappa shape index (κ1) is 17.6. The maximum atomic E-state index is 12.2. The summed E-state index contributed by atoms with van der Waals surface area (Å²) in [6.45, 7) is 1.65. The van der Waals surface area contributed by atoms with Crippen molar-refractivity contribution in [2.45, 2.75) is 13.0 Å². The summed E-state index contributed by atoms with van der Waals surface area (Å²) in [7, 11) is 0. The summed E-state index contributed by atoms with van der Waals surface area (Å²) < 4.78 is 7.25. The van der Waals surface area contributed by atoms with E-state index in [4.69, 9.17) is 27.9 Å². The van der Waals surface area contributed by atoms with Crippen LogP contribution in [0.25, 0.3) is 0 Å². The van der Waals surface area contributed by atoms with Crippen molar-refractivity contribution in [3.8, 4) is 5.75 Å². The zero-order valence-electron chi connectivity index (χ0n) is 11.4. The second-order valence-corrected chi connectivity index (χ2v) is 7.06. The molecule has 1 N–H and O–H groups in total. The maximum absolute atomic E-state index is 12.2. The largest absolute Gasteiger partial charge is 0.479 e. The van der Waals surface area contributed by atoms with E-state index in [1.165, 1.54) is 0 Å². The summed E-state index contributed by atoms with van der Waals surface area (Å²) >= 11 is 18.6. The summed E-state index contributed by atoms with van der Waals surface area (Å²) in [4.78, 5) is 12.2. The van der Waals surface area contributed by atoms with Crippen molar-refractivity contribution in [2.24, 2.45) is 0 Å². The first-order valence-corrected chi connectivity index (χ1v) is 8.58. The molecular formula is C15H11Br2Cl2NO2. The summed E-state index contributed by atoms with van der Waals surface area (Å²) in [5.74, 6) is 0.123. The highest BCUT2D eigenvalue weighted by Gasteiger charge is 2.17. The Balaban J connectivity index is 2.05. The van der Waals surface area contributed by atoms with Crippen LogP contribution in [0.3, 0.4) is 0 Å². The number of nitrogens with one attached hydrogen (secondary N) is 1. The zero-order valence-corrected chi connectivity index (χ0v) is 16.1. The van der Waals surface area contributed by atoms with Crippen molar-refractivity contribution in [1.29, 1.82) is 0 Å². The van der Waals surface area contributed by atoms with E-state index in [1.807, 2.05) is 12.1 Å². The number of amides is 1. The molecule has 0 aromatic heterocycles.